The summed E-state index contributed by atoms with van der Waals surface area (Å²) in [4.78, 5) is 16.3. The van der Waals surface area contributed by atoms with Crippen molar-refractivity contribution in [3.8, 4) is 0 Å². The topological polar surface area (TPSA) is 53.5 Å². The van der Waals surface area contributed by atoms with Gasteiger partial charge in [0.05, 0.1) is 6.04 Å². The molecule has 1 atom stereocenters. The molecule has 1 unspecified atom stereocenters. The van der Waals surface area contributed by atoms with Gasteiger partial charge in [-0.1, -0.05) is 13.8 Å². The zero-order chi connectivity index (χ0) is 11.8. The smallest absolute Gasteiger partial charge is 0.252 e. The number of rotatable bonds is 4. The lowest BCUT2D eigenvalue weighted by atomic mass is 9.92. The zero-order valence-electron chi connectivity index (χ0n) is 10.3. The van der Waals surface area contributed by atoms with Crippen LogP contribution in [0.3, 0.4) is 0 Å². The summed E-state index contributed by atoms with van der Waals surface area (Å²) in [6.07, 6.45) is 4.22. The number of aliphatic imine (C=N–C) groups is 1. The third-order valence-electron chi connectivity index (χ3n) is 3.21. The van der Waals surface area contributed by atoms with Crippen LogP contribution in [0.5, 0.6) is 0 Å². The fourth-order valence-corrected chi connectivity index (χ4v) is 1.80. The maximum atomic E-state index is 11.9. The first-order chi connectivity index (χ1) is 7.49. The summed E-state index contributed by atoms with van der Waals surface area (Å²) in [7, 11) is 0. The average molecular weight is 223 g/mol. The van der Waals surface area contributed by atoms with Gasteiger partial charge in [0.1, 0.15) is 5.54 Å². The number of guanidine groups is 1. The molecule has 2 aliphatic rings. The van der Waals surface area contributed by atoms with Gasteiger partial charge in [0, 0.05) is 0 Å². The van der Waals surface area contributed by atoms with Gasteiger partial charge >= 0.3 is 0 Å². The van der Waals surface area contributed by atoms with Gasteiger partial charge in [-0.2, -0.15) is 0 Å². The highest BCUT2D eigenvalue weighted by molar-refractivity contribution is 6.08. The SMILES string of the molecule is CC(C)CCC1(C)NC(=NC2CC2)NC1=O. The Kier molecular flexibility index (Phi) is 2.91. The molecule has 0 spiro atoms. The van der Waals surface area contributed by atoms with Crippen LogP contribution >= 0.6 is 0 Å². The molecule has 1 saturated heterocycles. The van der Waals surface area contributed by atoms with E-state index in [1.54, 1.807) is 0 Å². The van der Waals surface area contributed by atoms with Crippen molar-refractivity contribution in [2.75, 3.05) is 0 Å². The van der Waals surface area contributed by atoms with Gasteiger partial charge in [0.15, 0.2) is 5.96 Å². The predicted molar refractivity (Wildman–Crippen MR) is 64.2 cm³/mol. The standard InChI is InChI=1S/C12H21N3O/c1-8(2)6-7-12(3)10(16)14-11(15-12)13-9-4-5-9/h8-9H,4-7H2,1-3H3,(H2,13,14,15,16). The van der Waals surface area contributed by atoms with Crippen molar-refractivity contribution >= 4 is 11.9 Å². The lowest BCUT2D eigenvalue weighted by molar-refractivity contribution is -0.123. The Balaban J connectivity index is 1.96. The van der Waals surface area contributed by atoms with Crippen molar-refractivity contribution in [2.24, 2.45) is 10.9 Å². The molecule has 0 radical (unpaired) electrons. The van der Waals surface area contributed by atoms with Crippen LogP contribution in [0.4, 0.5) is 0 Å². The lowest BCUT2D eigenvalue weighted by Gasteiger charge is -2.21. The first-order valence-corrected chi connectivity index (χ1v) is 6.17. The van der Waals surface area contributed by atoms with Crippen LogP contribution in [0.25, 0.3) is 0 Å². The molecule has 16 heavy (non-hydrogen) atoms. The fourth-order valence-electron chi connectivity index (χ4n) is 1.80. The molecule has 0 aromatic heterocycles. The highest BCUT2D eigenvalue weighted by Gasteiger charge is 2.40. The second-order valence-corrected chi connectivity index (χ2v) is 5.55. The Bertz CT molecular complexity index is 320. The summed E-state index contributed by atoms with van der Waals surface area (Å²) >= 11 is 0. The second kappa shape index (κ2) is 4.07. The minimum atomic E-state index is -0.460. The maximum absolute atomic E-state index is 11.9. The highest BCUT2D eigenvalue weighted by Crippen LogP contribution is 2.25. The molecule has 4 nitrogen and oxygen atoms in total. The Hall–Kier alpha value is -1.06. The Morgan fingerprint density at radius 1 is 1.50 bits per heavy atom. The van der Waals surface area contributed by atoms with Gasteiger partial charge in [0.25, 0.3) is 5.91 Å². The molecule has 0 aromatic rings. The molecule has 1 aliphatic heterocycles. The van der Waals surface area contributed by atoms with Crippen LogP contribution in [0, 0.1) is 5.92 Å². The molecule has 0 bridgehead atoms. The van der Waals surface area contributed by atoms with Gasteiger partial charge in [-0.05, 0) is 38.5 Å². The van der Waals surface area contributed by atoms with Crippen LogP contribution in [0.2, 0.25) is 0 Å². The number of amides is 1. The molecule has 1 amide bonds. The number of hydrogen-bond acceptors (Lipinski definition) is 2. The molecule has 0 aromatic carbocycles. The number of hydrogen-bond donors (Lipinski definition) is 2. The Morgan fingerprint density at radius 3 is 2.75 bits per heavy atom. The van der Waals surface area contributed by atoms with E-state index < -0.39 is 5.54 Å². The summed E-state index contributed by atoms with van der Waals surface area (Å²) in [6.45, 7) is 6.31. The van der Waals surface area contributed by atoms with Crippen molar-refractivity contribution in [1.29, 1.82) is 0 Å². The van der Waals surface area contributed by atoms with E-state index in [1.165, 1.54) is 0 Å². The van der Waals surface area contributed by atoms with Crippen molar-refractivity contribution in [1.82, 2.24) is 10.6 Å². The zero-order valence-corrected chi connectivity index (χ0v) is 10.3. The van der Waals surface area contributed by atoms with E-state index in [4.69, 9.17) is 0 Å². The molecule has 1 saturated carbocycles. The monoisotopic (exact) mass is 223 g/mol. The first kappa shape index (κ1) is 11.4. The predicted octanol–water partition coefficient (Wildman–Crippen LogP) is 1.42. The molecule has 90 valence electrons. The Morgan fingerprint density at radius 2 is 2.19 bits per heavy atom. The average Bonchev–Trinajstić information content (AvgIpc) is 2.93. The molecule has 2 N–H and O–H groups in total. The molecule has 2 fully saturated rings. The minimum Gasteiger partial charge on any atom is -0.342 e. The van der Waals surface area contributed by atoms with Crippen LogP contribution in [0.1, 0.15) is 46.5 Å². The molecular formula is C12H21N3O. The third kappa shape index (κ3) is 2.54. The summed E-state index contributed by atoms with van der Waals surface area (Å²) in [5, 5.41) is 6.07. The van der Waals surface area contributed by atoms with Crippen LogP contribution in [-0.4, -0.2) is 23.4 Å². The van der Waals surface area contributed by atoms with Gasteiger partial charge in [-0.15, -0.1) is 0 Å². The summed E-state index contributed by atoms with van der Waals surface area (Å²) in [5.41, 5.74) is -0.460. The fraction of sp³-hybridized carbons (Fsp3) is 0.833. The van der Waals surface area contributed by atoms with E-state index in [1.807, 2.05) is 6.92 Å². The Labute approximate surface area is 96.9 Å². The van der Waals surface area contributed by atoms with E-state index >= 15 is 0 Å². The van der Waals surface area contributed by atoms with Crippen molar-refractivity contribution in [3.63, 3.8) is 0 Å². The van der Waals surface area contributed by atoms with Gasteiger partial charge in [-0.25, -0.2) is 4.99 Å². The summed E-state index contributed by atoms with van der Waals surface area (Å²) in [5.74, 6) is 1.36. The van der Waals surface area contributed by atoms with E-state index in [2.05, 4.69) is 29.5 Å². The normalized spacial score (nSPS) is 32.0. The summed E-state index contributed by atoms with van der Waals surface area (Å²) < 4.78 is 0. The third-order valence-corrected chi connectivity index (χ3v) is 3.21. The van der Waals surface area contributed by atoms with Crippen molar-refractivity contribution in [2.45, 2.75) is 58.0 Å². The van der Waals surface area contributed by atoms with E-state index in [9.17, 15) is 4.79 Å². The summed E-state index contributed by atoms with van der Waals surface area (Å²) in [6, 6.07) is 0.440. The second-order valence-electron chi connectivity index (χ2n) is 5.55. The molecule has 1 heterocycles. The molecule has 4 heteroatoms. The maximum Gasteiger partial charge on any atom is 0.252 e. The highest BCUT2D eigenvalue weighted by atomic mass is 16.2. The van der Waals surface area contributed by atoms with Gasteiger partial charge < -0.3 is 5.32 Å². The number of nitrogens with one attached hydrogen (secondary N) is 2. The number of carbonyl (C=O) groups excluding carboxylic acids is 1. The quantitative estimate of drug-likeness (QED) is 0.757. The van der Waals surface area contributed by atoms with E-state index in [-0.39, 0.29) is 5.91 Å². The van der Waals surface area contributed by atoms with E-state index in [0.717, 1.165) is 25.7 Å². The van der Waals surface area contributed by atoms with Gasteiger partial charge in [-0.3, -0.25) is 10.1 Å². The van der Waals surface area contributed by atoms with Crippen LogP contribution in [-0.2, 0) is 4.79 Å². The van der Waals surface area contributed by atoms with Gasteiger partial charge in [0.2, 0.25) is 0 Å². The number of carbonyl (C=O) groups is 1. The van der Waals surface area contributed by atoms with Crippen molar-refractivity contribution in [3.05, 3.63) is 0 Å². The largest absolute Gasteiger partial charge is 0.342 e. The first-order valence-electron chi connectivity index (χ1n) is 6.17. The lowest BCUT2D eigenvalue weighted by Crippen LogP contribution is -2.43. The van der Waals surface area contributed by atoms with Crippen LogP contribution in [0.15, 0.2) is 4.99 Å². The van der Waals surface area contributed by atoms with E-state index in [0.29, 0.717) is 17.9 Å². The van der Waals surface area contributed by atoms with Crippen molar-refractivity contribution < 1.29 is 4.79 Å². The molecule has 1 aliphatic carbocycles. The molecular weight excluding hydrogens is 202 g/mol. The van der Waals surface area contributed by atoms with Crippen LogP contribution < -0.4 is 10.6 Å². The molecule has 2 rings (SSSR count). The number of nitrogens with zero attached hydrogens (tertiary/aromatic N) is 1. The minimum absolute atomic E-state index is 0.0625.